The molecule has 0 aliphatic rings. The first-order valence-corrected chi connectivity index (χ1v) is 30.3. The summed E-state index contributed by atoms with van der Waals surface area (Å²) in [7, 11) is -19.3. The first-order valence-electron chi connectivity index (χ1n) is 24.7. The van der Waals surface area contributed by atoms with Crippen LogP contribution in [0.4, 0.5) is 35.1 Å². The molecule has 0 aliphatic heterocycles. The second kappa shape index (κ2) is 26.9. The normalized spacial score (nSPS) is 14.1. The summed E-state index contributed by atoms with van der Waals surface area (Å²) in [6, 6.07) is 8.16. The van der Waals surface area contributed by atoms with Gasteiger partial charge in [0.2, 0.25) is 34.8 Å². The van der Waals surface area contributed by atoms with Crippen molar-refractivity contribution >= 4 is 62.0 Å². The van der Waals surface area contributed by atoms with Crippen molar-refractivity contribution in [2.45, 2.75) is 99.4 Å². The van der Waals surface area contributed by atoms with Crippen molar-refractivity contribution in [1.29, 1.82) is 0 Å². The van der Waals surface area contributed by atoms with Gasteiger partial charge in [-0.05, 0) is 115 Å². The second-order valence-corrected chi connectivity index (χ2v) is 24.1. The SMILES string of the molecule is CCOCC(C)OS(=O)(=O)c1ccc2c(Oc3c(F)c(F)c(-c4c(F)c(F)c(Oc5cc(S(=O)(=O)OC(C)COCC)cc6cc(S(=O)(=O)OC(C)COCC)ccc56)c(F)c4F)c(F)c3F)cc(S(=O)(=O)OC(C)COCC)cc2c1. The van der Waals surface area contributed by atoms with Gasteiger partial charge in [0.05, 0.1) is 81.6 Å². The molecule has 0 saturated heterocycles. The molecule has 4 atom stereocenters. The maximum atomic E-state index is 16.3. The third kappa shape index (κ3) is 14.8. The highest BCUT2D eigenvalue weighted by Crippen LogP contribution is 2.46. The molecule has 0 aromatic heterocycles. The van der Waals surface area contributed by atoms with Gasteiger partial charge < -0.3 is 28.4 Å². The Morgan fingerprint density at radius 3 is 0.854 bits per heavy atom. The Kier molecular flexibility index (Phi) is 21.5. The minimum absolute atomic E-state index is 0.137. The molecule has 0 saturated carbocycles. The van der Waals surface area contributed by atoms with Crippen LogP contribution >= 0.6 is 0 Å². The number of fused-ring (bicyclic) bond motifs is 2. The molecule has 0 bridgehead atoms. The fourth-order valence-electron chi connectivity index (χ4n) is 7.74. The largest absolute Gasteiger partial charge is 0.450 e. The summed E-state index contributed by atoms with van der Waals surface area (Å²) in [5, 5.41) is -1.54. The van der Waals surface area contributed by atoms with Crippen LogP contribution in [0.2, 0.25) is 0 Å². The van der Waals surface area contributed by atoms with Gasteiger partial charge in [0.1, 0.15) is 11.5 Å². The van der Waals surface area contributed by atoms with E-state index in [4.69, 9.17) is 45.2 Å². The summed E-state index contributed by atoms with van der Waals surface area (Å²) < 4.78 is 289. The maximum absolute atomic E-state index is 16.3. The molecule has 4 unspecified atom stereocenters. The monoisotopic (exact) mass is 1250 g/mol. The lowest BCUT2D eigenvalue weighted by Crippen LogP contribution is -2.21. The molecule has 0 aliphatic carbocycles. The topological polar surface area (TPSA) is 229 Å². The third-order valence-electron chi connectivity index (χ3n) is 11.4. The van der Waals surface area contributed by atoms with Gasteiger partial charge in [-0.2, -0.15) is 51.2 Å². The number of rotatable bonds is 29. The van der Waals surface area contributed by atoms with E-state index in [1.165, 1.54) is 27.7 Å². The predicted molar refractivity (Wildman–Crippen MR) is 276 cm³/mol. The molecule has 6 rings (SSSR count). The van der Waals surface area contributed by atoms with Crippen molar-refractivity contribution in [2.75, 3.05) is 52.9 Å². The van der Waals surface area contributed by atoms with Gasteiger partial charge in [-0.25, -0.2) is 17.6 Å². The van der Waals surface area contributed by atoms with E-state index in [0.29, 0.717) is 12.1 Å². The van der Waals surface area contributed by atoms with Gasteiger partial charge in [0.25, 0.3) is 40.5 Å². The van der Waals surface area contributed by atoms with Crippen molar-refractivity contribution in [2.24, 2.45) is 0 Å². The van der Waals surface area contributed by atoms with Crippen LogP contribution in [-0.2, 0) is 76.2 Å². The van der Waals surface area contributed by atoms with Gasteiger partial charge in [-0.3, -0.25) is 16.7 Å². The molecule has 6 aromatic rings. The Balaban J connectivity index is 1.47. The number of hydrogen-bond acceptors (Lipinski definition) is 18. The Bertz CT molecular complexity index is 3500. The van der Waals surface area contributed by atoms with Gasteiger partial charge in [0, 0.05) is 49.3 Å². The summed E-state index contributed by atoms with van der Waals surface area (Å²) in [6.07, 6.45) is -4.45. The zero-order valence-corrected chi connectivity index (χ0v) is 48.0. The van der Waals surface area contributed by atoms with E-state index in [-0.39, 0.29) is 74.4 Å². The Morgan fingerprint density at radius 2 is 0.598 bits per heavy atom. The Labute approximate surface area is 467 Å². The third-order valence-corrected chi connectivity index (χ3v) is 17.0. The minimum atomic E-state index is -4.96. The van der Waals surface area contributed by atoms with E-state index in [0.717, 1.165) is 48.5 Å². The molecule has 82 heavy (non-hydrogen) atoms. The molecule has 0 heterocycles. The summed E-state index contributed by atoms with van der Waals surface area (Å²) >= 11 is 0. The van der Waals surface area contributed by atoms with Crippen LogP contribution in [0.3, 0.4) is 0 Å². The van der Waals surface area contributed by atoms with Crippen LogP contribution in [-0.4, -0.2) is 111 Å². The molecule has 0 radical (unpaired) electrons. The van der Waals surface area contributed by atoms with Crippen LogP contribution in [0.15, 0.2) is 80.2 Å². The quantitative estimate of drug-likeness (QED) is 0.0241. The Morgan fingerprint density at radius 1 is 0.354 bits per heavy atom. The van der Waals surface area contributed by atoms with Crippen LogP contribution in [0, 0.1) is 46.5 Å². The number of ether oxygens (including phenoxy) is 6. The van der Waals surface area contributed by atoms with Crippen molar-refractivity contribution < 1.29 is 114 Å². The lowest BCUT2D eigenvalue weighted by atomic mass is 10.0. The zero-order chi connectivity index (χ0) is 60.8. The van der Waals surface area contributed by atoms with Gasteiger partial charge >= 0.3 is 0 Å². The molecule has 0 N–H and O–H groups in total. The van der Waals surface area contributed by atoms with E-state index in [9.17, 15) is 33.7 Å². The van der Waals surface area contributed by atoms with E-state index in [1.54, 1.807) is 27.7 Å². The fraction of sp³-hybridized carbons (Fsp3) is 0.385. The molecule has 0 spiro atoms. The molecular weight excluding hydrogens is 1190 g/mol. The van der Waals surface area contributed by atoms with Gasteiger partial charge in [0.15, 0.2) is 23.3 Å². The van der Waals surface area contributed by atoms with Gasteiger partial charge in [-0.15, -0.1) is 0 Å². The lowest BCUT2D eigenvalue weighted by molar-refractivity contribution is 0.0689. The first kappa shape index (κ1) is 65.5. The van der Waals surface area contributed by atoms with Crippen LogP contribution in [0.25, 0.3) is 32.7 Å². The van der Waals surface area contributed by atoms with Crippen LogP contribution in [0.1, 0.15) is 55.4 Å². The van der Waals surface area contributed by atoms with E-state index in [2.05, 4.69) is 0 Å². The summed E-state index contributed by atoms with van der Waals surface area (Å²) in [6.45, 7) is 11.6. The highest BCUT2D eigenvalue weighted by atomic mass is 32.2. The number of halogens is 8. The van der Waals surface area contributed by atoms with Crippen molar-refractivity contribution in [3.63, 3.8) is 0 Å². The number of benzene rings is 6. The standard InChI is InChI=1S/C52H54F8O18S4/c1-9-69-23-27(5)75-79(61,62)33-13-15-37-31(17-33)19-35(81(65,66)77-29(7)25-71-11-3)21-39(37)73-51-47(57)43(53)41(44(54)48(51)58)42-45(55)49(59)52(50(60)46(42)56)74-40-22-36(82(67,68)78-30(8)26-72-12-4)20-32-18-34(14-16-38(32)40)80(63,64)76-28(6)24-70-10-2/h13-22,27-30H,9-12,23-26H2,1-8H3. The second-order valence-electron chi connectivity index (χ2n) is 17.8. The molecule has 0 fully saturated rings. The van der Waals surface area contributed by atoms with E-state index >= 15 is 35.1 Å². The summed E-state index contributed by atoms with van der Waals surface area (Å²) in [5.74, 6) is -27.5. The smallest absolute Gasteiger partial charge is 0.297 e. The maximum Gasteiger partial charge on any atom is 0.297 e. The highest BCUT2D eigenvalue weighted by molar-refractivity contribution is 7.87. The average Bonchev–Trinajstić information content (AvgIpc) is 3.42. The fourth-order valence-corrected chi connectivity index (χ4v) is 12.2. The predicted octanol–water partition coefficient (Wildman–Crippen LogP) is 10.9. The van der Waals surface area contributed by atoms with Crippen molar-refractivity contribution in [1.82, 2.24) is 0 Å². The highest BCUT2D eigenvalue weighted by Gasteiger charge is 2.37. The lowest BCUT2D eigenvalue weighted by Gasteiger charge is -2.19. The van der Waals surface area contributed by atoms with Gasteiger partial charge in [-0.1, -0.05) is 0 Å². The average molecular weight is 1250 g/mol. The van der Waals surface area contributed by atoms with E-state index in [1.807, 2.05) is 0 Å². The molecule has 18 nitrogen and oxygen atoms in total. The first-order chi connectivity index (χ1) is 38.4. The minimum Gasteiger partial charge on any atom is -0.450 e. The van der Waals surface area contributed by atoms with Crippen molar-refractivity contribution in [3.8, 4) is 34.1 Å². The molecule has 0 amide bonds. The number of hydrogen-bond donors (Lipinski definition) is 0. The molecule has 450 valence electrons. The van der Waals surface area contributed by atoms with Crippen LogP contribution in [0.5, 0.6) is 23.0 Å². The molecule has 30 heteroatoms. The van der Waals surface area contributed by atoms with Crippen LogP contribution < -0.4 is 9.47 Å². The molecular formula is C52H54F8O18S4. The van der Waals surface area contributed by atoms with Crippen molar-refractivity contribution in [3.05, 3.63) is 107 Å². The zero-order valence-electron chi connectivity index (χ0n) is 44.7. The summed E-state index contributed by atoms with van der Waals surface area (Å²) in [4.78, 5) is -2.98. The summed E-state index contributed by atoms with van der Waals surface area (Å²) in [5.41, 5.74) is -4.78. The van der Waals surface area contributed by atoms with E-state index < -0.39 is 165 Å². The molecule has 6 aromatic carbocycles. The Hall–Kier alpha value is -5.64.